The van der Waals surface area contributed by atoms with Crippen molar-refractivity contribution in [2.45, 2.75) is 39.3 Å². The molecule has 0 saturated carbocycles. The van der Waals surface area contributed by atoms with Crippen molar-refractivity contribution in [3.8, 4) is 0 Å². The molecule has 2 heterocycles. The van der Waals surface area contributed by atoms with Crippen LogP contribution >= 0.6 is 0 Å². The standard InChI is InChI=1S/C20H22F2N2/c1-19(2)13-10-12(21)11-14(22)17(13)24-16-9-7-6-8-15(16)23(5)18(24)20(19,3)4/h6-11,18H,1-5H3. The molecule has 24 heavy (non-hydrogen) atoms. The van der Waals surface area contributed by atoms with E-state index < -0.39 is 11.6 Å². The fraction of sp³-hybridized carbons (Fsp3) is 0.400. The van der Waals surface area contributed by atoms with Crippen LogP contribution in [0.1, 0.15) is 33.3 Å². The molecule has 126 valence electrons. The molecule has 2 aromatic carbocycles. The summed E-state index contributed by atoms with van der Waals surface area (Å²) in [4.78, 5) is 4.26. The van der Waals surface area contributed by atoms with Gasteiger partial charge < -0.3 is 9.80 Å². The van der Waals surface area contributed by atoms with Crippen LogP contribution in [0, 0.1) is 17.0 Å². The minimum absolute atomic E-state index is 0.0302. The summed E-state index contributed by atoms with van der Waals surface area (Å²) < 4.78 is 28.9. The van der Waals surface area contributed by atoms with E-state index in [-0.39, 0.29) is 17.0 Å². The second kappa shape index (κ2) is 4.50. The molecule has 0 fully saturated rings. The first-order valence-electron chi connectivity index (χ1n) is 8.28. The maximum atomic E-state index is 14.9. The first-order chi connectivity index (χ1) is 11.2. The average molecular weight is 328 g/mol. The monoisotopic (exact) mass is 328 g/mol. The number of nitrogens with zero attached hydrogens (tertiary/aromatic N) is 2. The summed E-state index contributed by atoms with van der Waals surface area (Å²) >= 11 is 0. The molecule has 0 aliphatic carbocycles. The van der Waals surface area contributed by atoms with Gasteiger partial charge in [-0.25, -0.2) is 8.78 Å². The Balaban J connectivity index is 2.10. The van der Waals surface area contributed by atoms with Crippen molar-refractivity contribution in [2.75, 3.05) is 16.8 Å². The molecule has 2 nitrogen and oxygen atoms in total. The number of halogens is 2. The van der Waals surface area contributed by atoms with Gasteiger partial charge >= 0.3 is 0 Å². The molecule has 0 radical (unpaired) electrons. The molecule has 1 unspecified atom stereocenters. The minimum Gasteiger partial charge on any atom is -0.352 e. The maximum Gasteiger partial charge on any atom is 0.150 e. The van der Waals surface area contributed by atoms with Gasteiger partial charge in [-0.3, -0.25) is 0 Å². The van der Waals surface area contributed by atoms with Gasteiger partial charge in [-0.1, -0.05) is 39.8 Å². The van der Waals surface area contributed by atoms with E-state index in [1.807, 2.05) is 30.1 Å². The zero-order valence-electron chi connectivity index (χ0n) is 14.7. The van der Waals surface area contributed by atoms with Gasteiger partial charge in [-0.2, -0.15) is 0 Å². The van der Waals surface area contributed by atoms with Crippen molar-refractivity contribution in [3.63, 3.8) is 0 Å². The highest BCUT2D eigenvalue weighted by atomic mass is 19.1. The van der Waals surface area contributed by atoms with Crippen molar-refractivity contribution in [3.05, 3.63) is 53.6 Å². The Morgan fingerprint density at radius 3 is 2.25 bits per heavy atom. The zero-order valence-corrected chi connectivity index (χ0v) is 14.7. The first-order valence-corrected chi connectivity index (χ1v) is 8.28. The number of anilines is 3. The molecule has 4 heteroatoms. The molecule has 0 amide bonds. The Morgan fingerprint density at radius 2 is 1.58 bits per heavy atom. The summed E-state index contributed by atoms with van der Waals surface area (Å²) in [7, 11) is 2.05. The largest absolute Gasteiger partial charge is 0.352 e. The van der Waals surface area contributed by atoms with Crippen LogP contribution in [0.2, 0.25) is 0 Å². The molecule has 1 atom stereocenters. The summed E-state index contributed by atoms with van der Waals surface area (Å²) in [5.41, 5.74) is 2.66. The van der Waals surface area contributed by atoms with Gasteiger partial charge in [-0.05, 0) is 23.8 Å². The van der Waals surface area contributed by atoms with E-state index >= 15 is 0 Å². The minimum atomic E-state index is -0.519. The highest BCUT2D eigenvalue weighted by Crippen LogP contribution is 2.60. The second-order valence-corrected chi connectivity index (χ2v) is 7.97. The predicted octanol–water partition coefficient (Wildman–Crippen LogP) is 5.20. The summed E-state index contributed by atoms with van der Waals surface area (Å²) in [6.07, 6.45) is -0.0302. The molecule has 2 aliphatic rings. The highest BCUT2D eigenvalue weighted by Gasteiger charge is 2.57. The topological polar surface area (TPSA) is 6.48 Å². The number of hydrogen-bond donors (Lipinski definition) is 0. The number of benzene rings is 2. The van der Waals surface area contributed by atoms with Crippen LogP contribution in [0.15, 0.2) is 36.4 Å². The van der Waals surface area contributed by atoms with Crippen LogP contribution in [0.3, 0.4) is 0 Å². The fourth-order valence-corrected chi connectivity index (χ4v) is 4.41. The van der Waals surface area contributed by atoms with Crippen molar-refractivity contribution in [1.29, 1.82) is 0 Å². The number of hydrogen-bond acceptors (Lipinski definition) is 2. The summed E-state index contributed by atoms with van der Waals surface area (Å²) in [6.45, 7) is 8.52. The Bertz CT molecular complexity index is 842. The second-order valence-electron chi connectivity index (χ2n) is 7.97. The Kier molecular flexibility index (Phi) is 2.89. The predicted molar refractivity (Wildman–Crippen MR) is 93.9 cm³/mol. The lowest BCUT2D eigenvalue weighted by atomic mass is 9.59. The third-order valence-corrected chi connectivity index (χ3v) is 6.33. The third kappa shape index (κ3) is 1.64. The SMILES string of the molecule is CN1c2ccccc2N2c3c(F)cc(F)cc3C(C)(C)C(C)(C)C12. The summed E-state index contributed by atoms with van der Waals surface area (Å²) in [5, 5.41) is 0. The van der Waals surface area contributed by atoms with Gasteiger partial charge in [0, 0.05) is 23.9 Å². The smallest absolute Gasteiger partial charge is 0.150 e. The van der Waals surface area contributed by atoms with Gasteiger partial charge in [-0.15, -0.1) is 0 Å². The maximum absolute atomic E-state index is 14.9. The number of rotatable bonds is 0. The molecule has 4 rings (SSSR count). The van der Waals surface area contributed by atoms with Gasteiger partial charge in [0.2, 0.25) is 0 Å². The van der Waals surface area contributed by atoms with E-state index in [9.17, 15) is 8.78 Å². The molecule has 0 N–H and O–H groups in total. The Morgan fingerprint density at radius 1 is 0.958 bits per heavy atom. The van der Waals surface area contributed by atoms with E-state index in [4.69, 9.17) is 0 Å². The van der Waals surface area contributed by atoms with E-state index in [2.05, 4.69) is 38.7 Å². The molecular weight excluding hydrogens is 306 g/mol. The number of fused-ring (bicyclic) bond motifs is 5. The molecule has 0 aromatic heterocycles. The van der Waals surface area contributed by atoms with Crippen LogP contribution in [-0.2, 0) is 5.41 Å². The van der Waals surface area contributed by atoms with Crippen molar-refractivity contribution in [2.24, 2.45) is 5.41 Å². The molecule has 2 aliphatic heterocycles. The lowest BCUT2D eigenvalue weighted by Gasteiger charge is -2.56. The van der Waals surface area contributed by atoms with Gasteiger partial charge in [0.1, 0.15) is 17.8 Å². The van der Waals surface area contributed by atoms with E-state index in [0.29, 0.717) is 5.69 Å². The van der Waals surface area contributed by atoms with Crippen LogP contribution in [-0.4, -0.2) is 13.2 Å². The Hall–Kier alpha value is -2.10. The van der Waals surface area contributed by atoms with Gasteiger partial charge in [0.05, 0.1) is 17.1 Å². The molecule has 0 bridgehead atoms. The van der Waals surface area contributed by atoms with Crippen LogP contribution in [0.25, 0.3) is 0 Å². The molecule has 0 spiro atoms. The molecular formula is C20H22F2N2. The fourth-order valence-electron chi connectivity index (χ4n) is 4.41. The van der Waals surface area contributed by atoms with E-state index in [1.165, 1.54) is 6.07 Å². The highest BCUT2D eigenvalue weighted by molar-refractivity contribution is 5.86. The normalized spacial score (nSPS) is 22.9. The van der Waals surface area contributed by atoms with Crippen molar-refractivity contribution in [1.82, 2.24) is 0 Å². The van der Waals surface area contributed by atoms with Gasteiger partial charge in [0.15, 0.2) is 0 Å². The molecule has 2 aromatic rings. The third-order valence-electron chi connectivity index (χ3n) is 6.33. The van der Waals surface area contributed by atoms with E-state index in [0.717, 1.165) is 23.0 Å². The number of para-hydroxylation sites is 2. The Labute approximate surface area is 141 Å². The lowest BCUT2D eigenvalue weighted by molar-refractivity contribution is 0.142. The molecule has 0 saturated heterocycles. The summed E-state index contributed by atoms with van der Waals surface area (Å²) in [5.74, 6) is -1.02. The van der Waals surface area contributed by atoms with E-state index in [1.54, 1.807) is 0 Å². The van der Waals surface area contributed by atoms with Gasteiger partial charge in [0.25, 0.3) is 0 Å². The van der Waals surface area contributed by atoms with Crippen molar-refractivity contribution < 1.29 is 8.78 Å². The first kappa shape index (κ1) is 15.4. The average Bonchev–Trinajstić information content (AvgIpc) is 2.79. The zero-order chi connectivity index (χ0) is 17.4. The lowest BCUT2D eigenvalue weighted by Crippen LogP contribution is -2.60. The van der Waals surface area contributed by atoms with Crippen molar-refractivity contribution >= 4 is 17.1 Å². The van der Waals surface area contributed by atoms with Crippen LogP contribution in [0.5, 0.6) is 0 Å². The van der Waals surface area contributed by atoms with Crippen LogP contribution in [0.4, 0.5) is 25.8 Å². The quantitative estimate of drug-likeness (QED) is 0.656. The van der Waals surface area contributed by atoms with Crippen LogP contribution < -0.4 is 9.80 Å². The summed E-state index contributed by atoms with van der Waals surface area (Å²) in [6, 6.07) is 10.5.